The summed E-state index contributed by atoms with van der Waals surface area (Å²) < 4.78 is 40.4. The van der Waals surface area contributed by atoms with E-state index < -0.39 is 28.3 Å². The van der Waals surface area contributed by atoms with Gasteiger partial charge in [0.2, 0.25) is 15.9 Å². The van der Waals surface area contributed by atoms with Gasteiger partial charge in [0.25, 0.3) is 0 Å². The van der Waals surface area contributed by atoms with Crippen LogP contribution in [0.4, 0.5) is 10.1 Å². The molecule has 12 heteroatoms. The normalized spacial score (nSPS) is 32.6. The molecule has 4 fully saturated rings. The Labute approximate surface area is 187 Å². The van der Waals surface area contributed by atoms with Crippen LogP contribution in [0.15, 0.2) is 18.5 Å². The van der Waals surface area contributed by atoms with Crippen molar-refractivity contribution in [2.75, 3.05) is 31.5 Å². The smallest absolute Gasteiger partial charge is 0.233 e. The average Bonchev–Trinajstić information content (AvgIpc) is 3.58. The van der Waals surface area contributed by atoms with Gasteiger partial charge in [-0.1, -0.05) is 0 Å². The van der Waals surface area contributed by atoms with Crippen molar-refractivity contribution in [1.82, 2.24) is 25.0 Å². The Kier molecular flexibility index (Phi) is 5.93. The number of aromatic nitrogens is 1. The zero-order valence-corrected chi connectivity index (χ0v) is 18.6. The molecule has 4 aliphatic rings. The van der Waals surface area contributed by atoms with E-state index in [9.17, 15) is 17.6 Å². The third kappa shape index (κ3) is 4.15. The van der Waals surface area contributed by atoms with Gasteiger partial charge in [0.1, 0.15) is 6.17 Å². The van der Waals surface area contributed by atoms with E-state index in [1.165, 1.54) is 0 Å². The van der Waals surface area contributed by atoms with E-state index in [2.05, 4.69) is 21.0 Å². The minimum Gasteiger partial charge on any atom is -0.324 e. The van der Waals surface area contributed by atoms with Crippen molar-refractivity contribution in [1.29, 1.82) is 0 Å². The Morgan fingerprint density at radius 2 is 2.00 bits per heavy atom. The molecule has 3 aliphatic heterocycles. The summed E-state index contributed by atoms with van der Waals surface area (Å²) in [6, 6.07) is 1.89. The van der Waals surface area contributed by atoms with Crippen LogP contribution >= 0.6 is 0 Å². The van der Waals surface area contributed by atoms with Crippen LogP contribution in [0.25, 0.3) is 0 Å². The molecule has 5 rings (SSSR count). The Balaban J connectivity index is 1.27. The van der Waals surface area contributed by atoms with Gasteiger partial charge in [0.05, 0.1) is 35.4 Å². The van der Waals surface area contributed by atoms with Crippen LogP contribution in [0.2, 0.25) is 0 Å². The molecule has 10 nitrogen and oxygen atoms in total. The van der Waals surface area contributed by atoms with Crippen LogP contribution in [0.3, 0.4) is 0 Å². The number of alkyl halides is 1. The molecular formula is C20H30FN7O3S. The number of nitrogens with zero attached hydrogens (tertiary/aromatic N) is 3. The maximum absolute atomic E-state index is 13.7. The molecule has 0 spiro atoms. The number of halogens is 1. The summed E-state index contributed by atoms with van der Waals surface area (Å²) in [5.74, 6) is -0.725. The number of amides is 1. The van der Waals surface area contributed by atoms with Crippen molar-refractivity contribution in [3.63, 3.8) is 0 Å². The summed E-state index contributed by atoms with van der Waals surface area (Å²) in [5.41, 5.74) is 10.7. The van der Waals surface area contributed by atoms with Crippen molar-refractivity contribution in [2.45, 2.75) is 55.4 Å². The molecule has 0 radical (unpaired) electrons. The van der Waals surface area contributed by atoms with Crippen molar-refractivity contribution in [2.24, 2.45) is 11.7 Å². The van der Waals surface area contributed by atoms with Crippen LogP contribution in [-0.2, 0) is 14.8 Å². The van der Waals surface area contributed by atoms with Gasteiger partial charge < -0.3 is 11.1 Å². The summed E-state index contributed by atoms with van der Waals surface area (Å²) in [6.45, 7) is 1.33. The van der Waals surface area contributed by atoms with Crippen LogP contribution < -0.4 is 21.8 Å². The number of piperidine rings is 1. The number of nitrogens with two attached hydrogens (primary N) is 1. The fourth-order valence-corrected chi connectivity index (χ4v) is 6.93. The lowest BCUT2D eigenvalue weighted by molar-refractivity contribution is -0.121. The van der Waals surface area contributed by atoms with Crippen LogP contribution in [0.1, 0.15) is 37.2 Å². The lowest BCUT2D eigenvalue weighted by atomic mass is 9.89. The SMILES string of the molecule is NC1NN2CC(F)CNC2C1C(=O)Nc1cnccc1C1CCN(S(=O)(=O)C2CC2)CC1. The summed E-state index contributed by atoms with van der Waals surface area (Å²) in [4.78, 5) is 17.3. The first-order valence-electron chi connectivity index (χ1n) is 11.2. The third-order valence-corrected chi connectivity index (χ3v) is 9.33. The highest BCUT2D eigenvalue weighted by Crippen LogP contribution is 2.37. The average molecular weight is 468 g/mol. The molecule has 1 saturated carbocycles. The van der Waals surface area contributed by atoms with E-state index in [0.717, 1.165) is 18.4 Å². The second-order valence-electron chi connectivity index (χ2n) is 9.15. The number of fused-ring (bicyclic) bond motifs is 1. The number of nitrogens with one attached hydrogen (secondary N) is 3. The molecule has 1 amide bonds. The molecule has 4 unspecified atom stereocenters. The highest BCUT2D eigenvalue weighted by atomic mass is 32.2. The lowest BCUT2D eigenvalue weighted by Gasteiger charge is -2.34. The molecule has 0 aromatic carbocycles. The predicted molar refractivity (Wildman–Crippen MR) is 116 cm³/mol. The number of hydrazine groups is 1. The van der Waals surface area contributed by atoms with Gasteiger partial charge in [0, 0.05) is 32.4 Å². The van der Waals surface area contributed by atoms with Crippen molar-refractivity contribution >= 4 is 21.6 Å². The number of rotatable bonds is 5. The maximum Gasteiger partial charge on any atom is 0.233 e. The zero-order valence-electron chi connectivity index (χ0n) is 17.8. The minimum absolute atomic E-state index is 0.130. The van der Waals surface area contributed by atoms with Gasteiger partial charge in [-0.05, 0) is 43.2 Å². The van der Waals surface area contributed by atoms with Crippen molar-refractivity contribution in [3.05, 3.63) is 24.0 Å². The largest absolute Gasteiger partial charge is 0.324 e. The maximum atomic E-state index is 13.7. The second kappa shape index (κ2) is 8.58. The van der Waals surface area contributed by atoms with Crippen LogP contribution in [0, 0.1) is 5.92 Å². The highest BCUT2D eigenvalue weighted by molar-refractivity contribution is 7.90. The van der Waals surface area contributed by atoms with Crippen LogP contribution in [-0.4, -0.2) is 78.6 Å². The number of sulfonamides is 1. The number of pyridine rings is 1. The Hall–Kier alpha value is -1.70. The lowest BCUT2D eigenvalue weighted by Crippen LogP contribution is -2.58. The summed E-state index contributed by atoms with van der Waals surface area (Å²) in [5, 5.41) is 7.50. The van der Waals surface area contributed by atoms with Gasteiger partial charge in [-0.15, -0.1) is 0 Å². The van der Waals surface area contributed by atoms with Crippen molar-refractivity contribution in [3.8, 4) is 0 Å². The molecule has 5 N–H and O–H groups in total. The number of carbonyl (C=O) groups is 1. The van der Waals surface area contributed by atoms with Gasteiger partial charge in [0.15, 0.2) is 0 Å². The first-order valence-corrected chi connectivity index (χ1v) is 12.7. The van der Waals surface area contributed by atoms with E-state index in [-0.39, 0.29) is 36.3 Å². The molecule has 0 bridgehead atoms. The Bertz CT molecular complexity index is 968. The number of hydrogen-bond donors (Lipinski definition) is 4. The van der Waals surface area contributed by atoms with Gasteiger partial charge in [-0.25, -0.2) is 27.5 Å². The van der Waals surface area contributed by atoms with E-state index in [1.54, 1.807) is 21.7 Å². The molecular weight excluding hydrogens is 437 g/mol. The molecule has 4 heterocycles. The Morgan fingerprint density at radius 1 is 1.25 bits per heavy atom. The fourth-order valence-electron chi connectivity index (χ4n) is 5.06. The number of anilines is 1. The van der Waals surface area contributed by atoms with E-state index in [4.69, 9.17) is 5.73 Å². The first-order chi connectivity index (χ1) is 15.3. The van der Waals surface area contributed by atoms with E-state index in [0.29, 0.717) is 31.6 Å². The summed E-state index contributed by atoms with van der Waals surface area (Å²) >= 11 is 0. The van der Waals surface area contributed by atoms with E-state index in [1.807, 2.05) is 6.07 Å². The topological polar surface area (TPSA) is 133 Å². The molecule has 4 atom stereocenters. The minimum atomic E-state index is -3.16. The molecule has 1 aromatic rings. The number of hydrogen-bond acceptors (Lipinski definition) is 8. The second-order valence-corrected chi connectivity index (χ2v) is 11.4. The van der Waals surface area contributed by atoms with Gasteiger partial charge >= 0.3 is 0 Å². The quantitative estimate of drug-likeness (QED) is 0.463. The zero-order chi connectivity index (χ0) is 22.5. The van der Waals surface area contributed by atoms with Crippen LogP contribution in [0.5, 0.6) is 0 Å². The monoisotopic (exact) mass is 467 g/mol. The van der Waals surface area contributed by atoms with Gasteiger partial charge in [-0.3, -0.25) is 15.1 Å². The molecule has 176 valence electrons. The predicted octanol–water partition coefficient (Wildman–Crippen LogP) is -0.320. The molecule has 1 aromatic heterocycles. The summed E-state index contributed by atoms with van der Waals surface area (Å²) in [7, 11) is -3.16. The van der Waals surface area contributed by atoms with E-state index >= 15 is 0 Å². The first kappa shape index (κ1) is 22.1. The number of carbonyl (C=O) groups excluding carboxylic acids is 1. The standard InChI is InChI=1S/C20H30FN7O3S/c21-13-9-24-19-17(18(22)26-28(19)11-13)20(29)25-16-10-23-6-3-15(16)12-4-7-27(8-5-12)32(30,31)14-1-2-14/h3,6,10,12-14,17-19,24,26H,1-2,4-5,7-9,11,22H2,(H,25,29). The van der Waals surface area contributed by atoms with Crippen molar-refractivity contribution < 1.29 is 17.6 Å². The molecule has 32 heavy (non-hydrogen) atoms. The Morgan fingerprint density at radius 3 is 2.72 bits per heavy atom. The fraction of sp³-hybridized carbons (Fsp3) is 0.700. The molecule has 1 aliphatic carbocycles. The summed E-state index contributed by atoms with van der Waals surface area (Å²) in [6.07, 6.45) is 4.19. The highest BCUT2D eigenvalue weighted by Gasteiger charge is 2.47. The van der Waals surface area contributed by atoms with Gasteiger partial charge in [-0.2, -0.15) is 0 Å². The third-order valence-electron chi connectivity index (χ3n) is 6.94. The molecule has 3 saturated heterocycles.